The summed E-state index contributed by atoms with van der Waals surface area (Å²) in [7, 11) is -4.02. The highest BCUT2D eigenvalue weighted by Crippen LogP contribution is 2.23. The topological polar surface area (TPSA) is 232 Å². The number of aromatic nitrogens is 1. The number of nitrogens with two attached hydrogens (primary N) is 2. The van der Waals surface area contributed by atoms with E-state index in [0.717, 1.165) is 24.8 Å². The van der Waals surface area contributed by atoms with Crippen molar-refractivity contribution in [2.75, 3.05) is 18.8 Å². The number of nitrogens with zero attached hydrogens (tertiary/aromatic N) is 1. The van der Waals surface area contributed by atoms with Gasteiger partial charge in [-0.25, -0.2) is 8.42 Å². The molecular weight excluding hydrogens is 697 g/mol. The number of unbranched alkanes of at least 4 members (excludes halogenated alkanes) is 2. The van der Waals surface area contributed by atoms with E-state index in [1.54, 1.807) is 19.8 Å². The molecule has 0 aliphatic heterocycles. The van der Waals surface area contributed by atoms with Crippen LogP contribution in [0.2, 0.25) is 12.6 Å². The van der Waals surface area contributed by atoms with E-state index < -0.39 is 70.1 Å². The molecule has 1 aromatic heterocycles. The molecule has 0 unspecified atom stereocenters. The van der Waals surface area contributed by atoms with Crippen LogP contribution in [-0.4, -0.2) is 90.9 Å². The summed E-state index contributed by atoms with van der Waals surface area (Å²) in [4.78, 5) is 57.3. The summed E-state index contributed by atoms with van der Waals surface area (Å²) in [6.45, 7) is 7.98. The van der Waals surface area contributed by atoms with Crippen molar-refractivity contribution in [2.45, 2.75) is 121 Å². The molecule has 0 bridgehead atoms. The van der Waals surface area contributed by atoms with Crippen molar-refractivity contribution in [3.05, 3.63) is 48.2 Å². The third-order valence-electron chi connectivity index (χ3n) is 9.55. The van der Waals surface area contributed by atoms with E-state index in [1.165, 1.54) is 31.7 Å². The molecule has 15 heteroatoms. The first-order chi connectivity index (χ1) is 25.0. The number of aliphatic hydroxyl groups is 1. The number of carbonyl (C=O) groups is 4. The summed E-state index contributed by atoms with van der Waals surface area (Å²) in [5.41, 5.74) is 14.0. The highest BCUT2D eigenvalue weighted by molar-refractivity contribution is 7.91. The van der Waals surface area contributed by atoms with Crippen molar-refractivity contribution in [3.8, 4) is 11.3 Å². The molecule has 0 saturated carbocycles. The Hall–Kier alpha value is -3.50. The zero-order valence-electron chi connectivity index (χ0n) is 31.9. The van der Waals surface area contributed by atoms with Gasteiger partial charge in [-0.1, -0.05) is 58.3 Å². The van der Waals surface area contributed by atoms with Gasteiger partial charge in [-0.3, -0.25) is 24.2 Å². The Morgan fingerprint density at radius 2 is 1.55 bits per heavy atom. The number of ketones is 2. The van der Waals surface area contributed by atoms with Crippen LogP contribution in [0, 0.1) is 11.8 Å². The molecule has 53 heavy (non-hydrogen) atoms. The number of rotatable bonds is 25. The second-order valence-corrected chi connectivity index (χ2v) is 16.3. The van der Waals surface area contributed by atoms with Crippen LogP contribution in [0.15, 0.2) is 47.5 Å². The fourth-order valence-corrected chi connectivity index (χ4v) is 7.35. The Labute approximate surface area is 315 Å². The number of amides is 2. The first-order valence-electron chi connectivity index (χ1n) is 18.7. The number of carbonyl (C=O) groups excluding carboxylic acids is 4. The van der Waals surface area contributed by atoms with Crippen LogP contribution >= 0.6 is 0 Å². The fourth-order valence-electron chi connectivity index (χ4n) is 5.82. The summed E-state index contributed by atoms with van der Waals surface area (Å²) in [5, 5.41) is 25.6. The molecule has 2 aromatic rings. The minimum atomic E-state index is -4.02. The number of benzene rings is 1. The number of nitrogens with one attached hydrogen (secondary N) is 2. The van der Waals surface area contributed by atoms with Crippen molar-refractivity contribution in [1.29, 1.82) is 0 Å². The number of hydrogen-bond acceptors (Lipinski definition) is 11. The van der Waals surface area contributed by atoms with Gasteiger partial charge in [-0.15, -0.1) is 0 Å². The standard InChI is InChI=1S/C38H60BN5O8S/c1-6-7-10-28-12-14-29(15-13-28)32-17-16-31(23-42-32)53(51,52)24-30(18-20-41)38(49)44-36(27(4)45)35(47)21-25(2)37(48)43-33(11-8-9-19-40)34(46)22-26(3)39(5)50/h12-17,23,25-27,30,33,36,45,50H,6-11,18-22,24,40-41H2,1-5H3,(H,43,48)(H,44,49)/t25-,26-,27-,30-,33+,36+/m1/s1. The zero-order chi connectivity index (χ0) is 39.7. The predicted octanol–water partition coefficient (Wildman–Crippen LogP) is 2.87. The van der Waals surface area contributed by atoms with Gasteiger partial charge in [-0.2, -0.15) is 0 Å². The second-order valence-electron chi connectivity index (χ2n) is 14.3. The average molecular weight is 758 g/mol. The molecule has 2 amide bonds. The first kappa shape index (κ1) is 45.7. The minimum Gasteiger partial charge on any atom is -0.450 e. The third-order valence-corrected chi connectivity index (χ3v) is 11.4. The Bertz CT molecular complexity index is 1570. The summed E-state index contributed by atoms with van der Waals surface area (Å²) in [6, 6.07) is 8.75. The largest absolute Gasteiger partial charge is 0.450 e. The van der Waals surface area contributed by atoms with Gasteiger partial charge >= 0.3 is 0 Å². The molecule has 6 atom stereocenters. The van der Waals surface area contributed by atoms with E-state index in [9.17, 15) is 37.7 Å². The van der Waals surface area contributed by atoms with E-state index in [2.05, 4.69) is 22.5 Å². The molecular formula is C38H60BN5O8S. The van der Waals surface area contributed by atoms with Gasteiger partial charge in [-0.05, 0) is 82.1 Å². The molecule has 0 aliphatic rings. The number of sulfone groups is 1. The number of hydrogen-bond donors (Lipinski definition) is 6. The van der Waals surface area contributed by atoms with Crippen LogP contribution in [0.5, 0.6) is 0 Å². The monoisotopic (exact) mass is 757 g/mol. The Kier molecular flexibility index (Phi) is 19.5. The average Bonchev–Trinajstić information content (AvgIpc) is 3.12. The minimum absolute atomic E-state index is 0.00622. The van der Waals surface area contributed by atoms with Crippen molar-refractivity contribution in [3.63, 3.8) is 0 Å². The SMILES string of the molecule is CCCCc1ccc(-c2ccc(S(=O)(=O)C[C@@H](CCN)C(=O)N[C@H](C(=O)C[C@@H](C)C(=O)N[C@@H](CCCCN)C(=O)C[C@@H](C)B(C)O)[C@@H](C)O)cn2)cc1. The zero-order valence-corrected chi connectivity index (χ0v) is 32.7. The van der Waals surface area contributed by atoms with Crippen LogP contribution < -0.4 is 22.1 Å². The number of pyridine rings is 1. The van der Waals surface area contributed by atoms with Crippen molar-refractivity contribution < 1.29 is 37.7 Å². The van der Waals surface area contributed by atoms with Gasteiger partial charge in [0.05, 0.1) is 34.4 Å². The van der Waals surface area contributed by atoms with Gasteiger partial charge in [0.2, 0.25) is 11.8 Å². The van der Waals surface area contributed by atoms with Gasteiger partial charge in [0.1, 0.15) is 6.04 Å². The van der Waals surface area contributed by atoms with Gasteiger partial charge in [0.25, 0.3) is 6.92 Å². The lowest BCUT2D eigenvalue weighted by Gasteiger charge is -2.25. The lowest BCUT2D eigenvalue weighted by molar-refractivity contribution is -0.135. The van der Waals surface area contributed by atoms with Crippen LogP contribution in [-0.2, 0) is 35.4 Å². The molecule has 0 radical (unpaired) electrons. The van der Waals surface area contributed by atoms with Crippen LogP contribution in [0.4, 0.5) is 0 Å². The molecule has 1 heterocycles. The van der Waals surface area contributed by atoms with Crippen molar-refractivity contribution in [1.82, 2.24) is 15.6 Å². The van der Waals surface area contributed by atoms with E-state index in [0.29, 0.717) is 31.5 Å². The number of aryl methyl sites for hydroxylation is 1. The first-order valence-corrected chi connectivity index (χ1v) is 20.4. The third kappa shape index (κ3) is 15.0. The summed E-state index contributed by atoms with van der Waals surface area (Å²) in [5.74, 6) is -5.19. The molecule has 8 N–H and O–H groups in total. The highest BCUT2D eigenvalue weighted by atomic mass is 32.2. The van der Waals surface area contributed by atoms with E-state index in [1.807, 2.05) is 24.3 Å². The molecule has 294 valence electrons. The quantitative estimate of drug-likeness (QED) is 0.0637. The van der Waals surface area contributed by atoms with Gasteiger partial charge in [0, 0.05) is 30.5 Å². The molecule has 0 spiro atoms. The molecule has 0 saturated heterocycles. The molecule has 0 aliphatic carbocycles. The lowest BCUT2D eigenvalue weighted by atomic mass is 9.58. The van der Waals surface area contributed by atoms with Gasteiger partial charge in [0.15, 0.2) is 21.4 Å². The van der Waals surface area contributed by atoms with Crippen LogP contribution in [0.25, 0.3) is 11.3 Å². The van der Waals surface area contributed by atoms with Gasteiger partial charge < -0.3 is 32.2 Å². The Morgan fingerprint density at radius 3 is 2.09 bits per heavy atom. The summed E-state index contributed by atoms with van der Waals surface area (Å²) < 4.78 is 26.9. The second kappa shape index (κ2) is 22.7. The van der Waals surface area contributed by atoms with Crippen LogP contribution in [0.1, 0.15) is 84.6 Å². The maximum atomic E-state index is 13.4. The fraction of sp³-hybridized carbons (Fsp3) is 0.605. The molecule has 2 rings (SSSR count). The molecule has 13 nitrogen and oxygen atoms in total. The van der Waals surface area contributed by atoms with Crippen molar-refractivity contribution >= 4 is 40.1 Å². The van der Waals surface area contributed by atoms with E-state index >= 15 is 0 Å². The smallest absolute Gasteiger partial charge is 0.289 e. The molecule has 1 aromatic carbocycles. The number of Topliss-reactive ketones (excluding diaryl/α,β-unsaturated/α-hetero) is 2. The maximum absolute atomic E-state index is 13.4. The van der Waals surface area contributed by atoms with E-state index in [-0.39, 0.29) is 42.3 Å². The normalized spacial score (nSPS) is 15.0. The Balaban J connectivity index is 2.11. The Morgan fingerprint density at radius 1 is 0.868 bits per heavy atom. The van der Waals surface area contributed by atoms with Crippen LogP contribution in [0.3, 0.4) is 0 Å². The lowest BCUT2D eigenvalue weighted by Crippen LogP contribution is -2.51. The highest BCUT2D eigenvalue weighted by Gasteiger charge is 2.34. The van der Waals surface area contributed by atoms with E-state index in [4.69, 9.17) is 11.5 Å². The molecule has 0 fully saturated rings. The predicted molar refractivity (Wildman–Crippen MR) is 208 cm³/mol. The maximum Gasteiger partial charge on any atom is 0.289 e. The van der Waals surface area contributed by atoms with Crippen molar-refractivity contribution in [2.24, 2.45) is 23.3 Å². The summed E-state index contributed by atoms with van der Waals surface area (Å²) >= 11 is 0. The summed E-state index contributed by atoms with van der Waals surface area (Å²) in [6.07, 6.45) is 4.34. The number of aliphatic hydroxyl groups excluding tert-OH is 1.